The largest absolute Gasteiger partial charge is 0.462 e. The Morgan fingerprint density at radius 2 is 1.57 bits per heavy atom. The molecule has 266 valence electrons. The highest BCUT2D eigenvalue weighted by molar-refractivity contribution is 7.86. The van der Waals surface area contributed by atoms with Crippen molar-refractivity contribution in [3.63, 3.8) is 0 Å². The van der Waals surface area contributed by atoms with Gasteiger partial charge < -0.3 is 14.2 Å². The molecule has 0 aliphatic heterocycles. The topological polar surface area (TPSA) is 133 Å². The smallest absolute Gasteiger partial charge is 0.432 e. The Kier molecular flexibility index (Phi) is 11.2. The minimum absolute atomic E-state index is 0.0642. The van der Waals surface area contributed by atoms with Crippen LogP contribution in [0.1, 0.15) is 99.8 Å². The van der Waals surface area contributed by atoms with Crippen LogP contribution in [0.25, 0.3) is 0 Å². The van der Waals surface area contributed by atoms with Gasteiger partial charge in [0.25, 0.3) is 6.10 Å². The van der Waals surface area contributed by atoms with E-state index >= 15 is 0 Å². The number of hydrogen-bond donors (Lipinski definition) is 1. The Hall–Kier alpha value is -2.03. The van der Waals surface area contributed by atoms with Gasteiger partial charge in [0.15, 0.2) is 0 Å². The second kappa shape index (κ2) is 13.5. The van der Waals surface area contributed by atoms with E-state index in [0.29, 0.717) is 31.1 Å². The molecule has 11 unspecified atom stereocenters. The van der Waals surface area contributed by atoms with Gasteiger partial charge in [0, 0.05) is 31.6 Å². The maximum atomic E-state index is 13.9. The lowest BCUT2D eigenvalue weighted by Crippen LogP contribution is -2.60. The van der Waals surface area contributed by atoms with Crippen molar-refractivity contribution in [2.75, 3.05) is 0 Å². The van der Waals surface area contributed by atoms with Gasteiger partial charge in [0.2, 0.25) is 0 Å². The van der Waals surface area contributed by atoms with Gasteiger partial charge in [-0.2, -0.15) is 30.4 Å². The SMILES string of the molecule is CC(=O)OC1CC2CC(C)CCC2(C)C2CC(OC(C)=O)C(C)(C(C)C(C)CCC(=O)OC(C(F)(F)F)C(F)(F)S(=O)(=O)O)CC12. The predicted molar refractivity (Wildman–Crippen MR) is 155 cm³/mol. The van der Waals surface area contributed by atoms with Gasteiger partial charge in [0.1, 0.15) is 12.2 Å². The van der Waals surface area contributed by atoms with Crippen molar-refractivity contribution in [1.29, 1.82) is 0 Å². The predicted octanol–water partition coefficient (Wildman–Crippen LogP) is 6.74. The second-order valence-electron chi connectivity index (χ2n) is 14.5. The van der Waals surface area contributed by atoms with Crippen molar-refractivity contribution < 1.29 is 63.5 Å². The van der Waals surface area contributed by atoms with Gasteiger partial charge in [-0.25, -0.2) is 0 Å². The van der Waals surface area contributed by atoms with Crippen LogP contribution in [0.3, 0.4) is 0 Å². The normalized spacial score (nSPS) is 35.5. The molecule has 3 saturated carbocycles. The summed E-state index contributed by atoms with van der Waals surface area (Å²) in [7, 11) is -6.55. The monoisotopic (exact) mass is 690 g/mol. The molecular weight excluding hydrogens is 643 g/mol. The number of halogens is 5. The number of esters is 3. The Morgan fingerprint density at radius 3 is 2.09 bits per heavy atom. The zero-order valence-corrected chi connectivity index (χ0v) is 28.2. The van der Waals surface area contributed by atoms with E-state index in [0.717, 1.165) is 19.3 Å². The molecule has 3 rings (SSSR count). The molecule has 11 atom stereocenters. The summed E-state index contributed by atoms with van der Waals surface area (Å²) in [6.07, 6.45) is -7.42. The van der Waals surface area contributed by atoms with Crippen LogP contribution < -0.4 is 0 Å². The number of carbonyl (C=O) groups excluding carboxylic acids is 3. The molecule has 3 aliphatic carbocycles. The quantitative estimate of drug-likeness (QED) is 0.115. The van der Waals surface area contributed by atoms with Gasteiger partial charge in [0.05, 0.1) is 0 Å². The number of ether oxygens (including phenoxy) is 3. The third-order valence-corrected chi connectivity index (χ3v) is 12.5. The summed E-state index contributed by atoms with van der Waals surface area (Å²) >= 11 is 0. The Labute approximate surface area is 267 Å². The van der Waals surface area contributed by atoms with E-state index < -0.39 is 69.4 Å². The minimum Gasteiger partial charge on any atom is -0.462 e. The maximum absolute atomic E-state index is 13.9. The van der Waals surface area contributed by atoms with E-state index in [1.54, 1.807) is 6.92 Å². The van der Waals surface area contributed by atoms with Crippen LogP contribution in [0.5, 0.6) is 0 Å². The van der Waals surface area contributed by atoms with Crippen LogP contribution >= 0.6 is 0 Å². The third-order valence-electron chi connectivity index (χ3n) is 11.6. The molecule has 3 fully saturated rings. The number of alkyl halides is 5. The van der Waals surface area contributed by atoms with E-state index in [9.17, 15) is 44.8 Å². The van der Waals surface area contributed by atoms with Crippen molar-refractivity contribution in [2.24, 2.45) is 46.3 Å². The molecular formula is C31H47F5O9S. The summed E-state index contributed by atoms with van der Waals surface area (Å²) < 4.78 is 114. The first kappa shape index (κ1) is 38.4. The lowest BCUT2D eigenvalue weighted by atomic mass is 9.44. The molecule has 0 aromatic rings. The molecule has 15 heteroatoms. The molecule has 3 aliphatic rings. The van der Waals surface area contributed by atoms with E-state index in [4.69, 9.17) is 14.0 Å². The lowest BCUT2D eigenvalue weighted by Gasteiger charge is -2.62. The average molecular weight is 691 g/mol. The van der Waals surface area contributed by atoms with E-state index in [-0.39, 0.29) is 35.7 Å². The third kappa shape index (κ3) is 7.81. The second-order valence-corrected chi connectivity index (χ2v) is 16.0. The molecule has 0 amide bonds. The van der Waals surface area contributed by atoms with Gasteiger partial charge in [-0.05, 0) is 73.5 Å². The van der Waals surface area contributed by atoms with E-state index in [1.165, 1.54) is 13.8 Å². The van der Waals surface area contributed by atoms with Crippen LogP contribution in [0, 0.1) is 46.3 Å². The van der Waals surface area contributed by atoms with Crippen molar-refractivity contribution in [3.05, 3.63) is 0 Å². The number of fused-ring (bicyclic) bond motifs is 3. The average Bonchev–Trinajstić information content (AvgIpc) is 2.90. The fourth-order valence-electron chi connectivity index (χ4n) is 8.66. The molecule has 0 bridgehead atoms. The molecule has 1 N–H and O–H groups in total. The zero-order chi connectivity index (χ0) is 35.2. The van der Waals surface area contributed by atoms with Crippen molar-refractivity contribution >= 4 is 28.0 Å². The van der Waals surface area contributed by atoms with Gasteiger partial charge in [-0.3, -0.25) is 18.9 Å². The van der Waals surface area contributed by atoms with Crippen molar-refractivity contribution in [3.8, 4) is 0 Å². The Balaban J connectivity index is 1.85. The van der Waals surface area contributed by atoms with Crippen molar-refractivity contribution in [1.82, 2.24) is 0 Å². The Bertz CT molecular complexity index is 1260. The maximum Gasteiger partial charge on any atom is 0.432 e. The summed E-state index contributed by atoms with van der Waals surface area (Å²) in [4.78, 5) is 36.9. The van der Waals surface area contributed by atoms with Crippen molar-refractivity contribution in [2.45, 2.75) is 130 Å². The van der Waals surface area contributed by atoms with Crippen LogP contribution in [0.4, 0.5) is 22.0 Å². The van der Waals surface area contributed by atoms with Gasteiger partial charge in [-0.1, -0.05) is 41.0 Å². The molecule has 0 heterocycles. The summed E-state index contributed by atoms with van der Waals surface area (Å²) in [5.41, 5.74) is -0.794. The lowest BCUT2D eigenvalue weighted by molar-refractivity contribution is -0.259. The van der Waals surface area contributed by atoms with Gasteiger partial charge in [-0.15, -0.1) is 0 Å². The Morgan fingerprint density at radius 1 is 0.978 bits per heavy atom. The standard InChI is InChI=1S/C31H47F5O9S/c1-16-10-11-28(6)21(12-16)13-24(43-19(4)37)22-15-29(7,25(14-23(22)28)44-20(5)38)18(3)17(2)8-9-26(39)45-27(30(32,33)34)31(35,36)46(40,41)42/h16-18,21-25,27H,8-15H2,1-7H3,(H,40,41,42). The van der Waals surface area contributed by atoms with Crippen LogP contribution in [-0.2, 0) is 38.7 Å². The minimum atomic E-state index is -6.55. The summed E-state index contributed by atoms with van der Waals surface area (Å²) in [6, 6.07) is 0. The molecule has 0 saturated heterocycles. The first-order valence-corrected chi connectivity index (χ1v) is 17.2. The summed E-state index contributed by atoms with van der Waals surface area (Å²) in [6.45, 7) is 12.7. The molecule has 0 radical (unpaired) electrons. The molecule has 46 heavy (non-hydrogen) atoms. The summed E-state index contributed by atoms with van der Waals surface area (Å²) in [5, 5.41) is -5.81. The van der Waals surface area contributed by atoms with E-state index in [2.05, 4.69) is 18.6 Å². The highest BCUT2D eigenvalue weighted by atomic mass is 32.2. The molecule has 0 aromatic carbocycles. The first-order chi connectivity index (χ1) is 20.8. The fourth-order valence-corrected chi connectivity index (χ4v) is 9.11. The van der Waals surface area contributed by atoms with Gasteiger partial charge >= 0.3 is 39.5 Å². The van der Waals surface area contributed by atoms with Crippen LogP contribution in [-0.4, -0.2) is 60.6 Å². The molecule has 9 nitrogen and oxygen atoms in total. The van der Waals surface area contributed by atoms with E-state index in [1.807, 2.05) is 13.8 Å². The van der Waals surface area contributed by atoms with Crippen LogP contribution in [0.15, 0.2) is 0 Å². The molecule has 0 aromatic heterocycles. The number of carbonyl (C=O) groups is 3. The molecule has 0 spiro atoms. The highest BCUT2D eigenvalue weighted by Gasteiger charge is 2.66. The number of hydrogen-bond acceptors (Lipinski definition) is 8. The fraction of sp³-hybridized carbons (Fsp3) is 0.903. The highest BCUT2D eigenvalue weighted by Crippen LogP contribution is 2.64. The zero-order valence-electron chi connectivity index (χ0n) is 27.4. The first-order valence-electron chi connectivity index (χ1n) is 15.8. The summed E-state index contributed by atoms with van der Waals surface area (Å²) in [5.74, 6) is -2.50. The van der Waals surface area contributed by atoms with Crippen LogP contribution in [0.2, 0.25) is 0 Å². The number of rotatable bonds is 10.